The van der Waals surface area contributed by atoms with E-state index in [1.807, 2.05) is 28.1 Å². The molecule has 0 fully saturated rings. The van der Waals surface area contributed by atoms with Gasteiger partial charge >= 0.3 is 8.03 Å². The van der Waals surface area contributed by atoms with E-state index in [1.165, 1.54) is 122 Å². The fourth-order valence-electron chi connectivity index (χ4n) is 5.17. The molecule has 0 aromatic rings. The molecule has 0 aliphatic rings. The Labute approximate surface area is 215 Å². The number of quaternary nitrogens is 1. The van der Waals surface area contributed by atoms with Gasteiger partial charge in [-0.25, -0.2) is 0 Å². The Hall–Kier alpha value is -0.240. The SMILES string of the molecule is CCCCC/C=C\CCCCCCCCCCCCCCCCCC(CC)([P+](=O)[O-])[N+](C)(C)C. The maximum atomic E-state index is 12.0. The Morgan fingerprint density at radius 2 is 0.971 bits per heavy atom. The van der Waals surface area contributed by atoms with Crippen LogP contribution >= 0.6 is 8.03 Å². The van der Waals surface area contributed by atoms with E-state index in [1.54, 1.807) is 0 Å². The summed E-state index contributed by atoms with van der Waals surface area (Å²) in [6.45, 7) is 4.29. The molecule has 0 saturated carbocycles. The van der Waals surface area contributed by atoms with Crippen molar-refractivity contribution in [3.63, 3.8) is 0 Å². The van der Waals surface area contributed by atoms with Crippen molar-refractivity contribution >= 4 is 8.03 Å². The van der Waals surface area contributed by atoms with Gasteiger partial charge in [0.05, 0.1) is 21.1 Å². The van der Waals surface area contributed by atoms with Crippen LogP contribution in [0.1, 0.15) is 155 Å². The molecular weight excluding hydrogens is 437 g/mol. The fourth-order valence-corrected chi connectivity index (χ4v) is 6.26. The minimum Gasteiger partial charge on any atom is -0.590 e. The Kier molecular flexibility index (Phi) is 21.8. The number of hydrogen-bond donors (Lipinski definition) is 0. The highest BCUT2D eigenvalue weighted by Crippen LogP contribution is 2.44. The summed E-state index contributed by atoms with van der Waals surface area (Å²) >= 11 is 0. The van der Waals surface area contributed by atoms with Gasteiger partial charge in [0.2, 0.25) is 0 Å². The molecule has 0 aromatic carbocycles. The lowest BCUT2D eigenvalue weighted by Crippen LogP contribution is -2.55. The summed E-state index contributed by atoms with van der Waals surface area (Å²) in [6.07, 6.45) is 33.0. The predicted molar refractivity (Wildman–Crippen MR) is 150 cm³/mol. The van der Waals surface area contributed by atoms with Crippen molar-refractivity contribution in [1.82, 2.24) is 0 Å². The Morgan fingerprint density at radius 3 is 1.29 bits per heavy atom. The molecule has 34 heavy (non-hydrogen) atoms. The fraction of sp³-hybridized carbons (Fsp3) is 0.933. The second-order valence-electron chi connectivity index (χ2n) is 11.4. The van der Waals surface area contributed by atoms with Crippen molar-refractivity contribution in [2.45, 2.75) is 160 Å². The van der Waals surface area contributed by atoms with E-state index in [0.717, 1.165) is 12.8 Å². The first-order valence-electron chi connectivity index (χ1n) is 14.9. The summed E-state index contributed by atoms with van der Waals surface area (Å²) in [5.41, 5.74) is 0. The number of unbranched alkanes of at least 4 members (excludes halogenated alkanes) is 18. The molecule has 0 radical (unpaired) electrons. The smallest absolute Gasteiger partial charge is 0.376 e. The summed E-state index contributed by atoms with van der Waals surface area (Å²) in [7, 11) is 3.64. The average molecular weight is 499 g/mol. The van der Waals surface area contributed by atoms with Crippen LogP contribution in [0.3, 0.4) is 0 Å². The molecule has 0 aromatic heterocycles. The molecule has 0 rings (SSSR count). The van der Waals surface area contributed by atoms with Gasteiger partial charge in [-0.15, -0.1) is 0 Å². The molecule has 0 aliphatic heterocycles. The maximum Gasteiger partial charge on any atom is 0.376 e. The zero-order valence-electron chi connectivity index (χ0n) is 23.9. The molecule has 0 bridgehead atoms. The van der Waals surface area contributed by atoms with Crippen LogP contribution in [0.4, 0.5) is 0 Å². The molecule has 0 heterocycles. The number of allylic oxidation sites excluding steroid dienone is 2. The summed E-state index contributed by atoms with van der Waals surface area (Å²) < 4.78 is 12.5. The number of rotatable bonds is 25. The van der Waals surface area contributed by atoms with Gasteiger partial charge in [-0.2, -0.15) is 0 Å². The second-order valence-corrected chi connectivity index (χ2v) is 12.8. The largest absolute Gasteiger partial charge is 0.590 e. The average Bonchev–Trinajstić information content (AvgIpc) is 2.78. The lowest BCUT2D eigenvalue weighted by molar-refractivity contribution is -0.910. The summed E-state index contributed by atoms with van der Waals surface area (Å²) in [4.78, 5) is 12.0. The van der Waals surface area contributed by atoms with Crippen LogP contribution in [-0.2, 0) is 4.57 Å². The zero-order valence-corrected chi connectivity index (χ0v) is 24.8. The van der Waals surface area contributed by atoms with Crippen molar-refractivity contribution in [1.29, 1.82) is 0 Å². The highest BCUT2D eigenvalue weighted by atomic mass is 31.1. The molecule has 2 atom stereocenters. The third-order valence-corrected chi connectivity index (χ3v) is 9.56. The van der Waals surface area contributed by atoms with Gasteiger partial charge in [0.25, 0.3) is 5.28 Å². The second kappa shape index (κ2) is 22.0. The lowest BCUT2D eigenvalue weighted by Gasteiger charge is -2.39. The first-order valence-corrected chi connectivity index (χ1v) is 16.1. The minimum atomic E-state index is -2.41. The topological polar surface area (TPSA) is 40.1 Å². The van der Waals surface area contributed by atoms with E-state index >= 15 is 0 Å². The highest BCUT2D eigenvalue weighted by molar-refractivity contribution is 7.38. The first kappa shape index (κ1) is 33.8. The minimum absolute atomic E-state index is 0.513. The first-order chi connectivity index (χ1) is 16.3. The molecule has 0 N–H and O–H groups in total. The molecule has 0 saturated heterocycles. The van der Waals surface area contributed by atoms with Crippen molar-refractivity contribution in [3.05, 3.63) is 12.2 Å². The van der Waals surface area contributed by atoms with E-state index in [2.05, 4.69) is 19.1 Å². The maximum absolute atomic E-state index is 12.0. The van der Waals surface area contributed by atoms with Crippen LogP contribution in [0.5, 0.6) is 0 Å². The summed E-state index contributed by atoms with van der Waals surface area (Å²) in [6, 6.07) is 0. The van der Waals surface area contributed by atoms with Crippen molar-refractivity contribution < 1.29 is 13.9 Å². The molecule has 0 amide bonds. The van der Waals surface area contributed by atoms with Crippen molar-refractivity contribution in [3.8, 4) is 0 Å². The van der Waals surface area contributed by atoms with Crippen LogP contribution in [0.25, 0.3) is 0 Å². The molecular formula is C30H61NO2P+. The van der Waals surface area contributed by atoms with Crippen molar-refractivity contribution in [2.75, 3.05) is 21.1 Å². The quantitative estimate of drug-likeness (QED) is 0.0544. The van der Waals surface area contributed by atoms with Gasteiger partial charge in [0.15, 0.2) is 0 Å². The monoisotopic (exact) mass is 498 g/mol. The zero-order chi connectivity index (χ0) is 25.5. The molecule has 4 heteroatoms. The van der Waals surface area contributed by atoms with Crippen LogP contribution in [0.2, 0.25) is 0 Å². The van der Waals surface area contributed by atoms with Crippen LogP contribution in [0.15, 0.2) is 12.2 Å². The van der Waals surface area contributed by atoms with Gasteiger partial charge in [0.1, 0.15) is 0 Å². The van der Waals surface area contributed by atoms with Crippen LogP contribution < -0.4 is 4.89 Å². The molecule has 3 nitrogen and oxygen atoms in total. The highest BCUT2D eigenvalue weighted by Gasteiger charge is 2.52. The predicted octanol–water partition coefficient (Wildman–Crippen LogP) is 9.67. The Morgan fingerprint density at radius 1 is 0.618 bits per heavy atom. The van der Waals surface area contributed by atoms with E-state index in [9.17, 15) is 9.46 Å². The van der Waals surface area contributed by atoms with E-state index in [4.69, 9.17) is 0 Å². The van der Waals surface area contributed by atoms with Gasteiger partial charge < -0.3 is 4.89 Å². The normalized spacial score (nSPS) is 14.6. The molecule has 0 spiro atoms. The van der Waals surface area contributed by atoms with E-state index in [0.29, 0.717) is 10.9 Å². The van der Waals surface area contributed by atoms with Gasteiger partial charge in [-0.05, 0) is 32.1 Å². The van der Waals surface area contributed by atoms with E-state index in [-0.39, 0.29) is 0 Å². The van der Waals surface area contributed by atoms with Gasteiger partial charge in [0, 0.05) is 12.8 Å². The third kappa shape index (κ3) is 16.4. The Bertz CT molecular complexity index is 501. The van der Waals surface area contributed by atoms with Crippen molar-refractivity contribution in [2.24, 2.45) is 0 Å². The lowest BCUT2D eigenvalue weighted by atomic mass is 10.0. The number of hydrogen-bond acceptors (Lipinski definition) is 2. The van der Waals surface area contributed by atoms with Gasteiger partial charge in [-0.3, -0.25) is 4.48 Å². The summed E-state index contributed by atoms with van der Waals surface area (Å²) in [5, 5.41) is -0.597. The standard InChI is InChI=1S/C30H61NO2P/c1-6-8-9-10-11-12-13-14-15-16-17-18-19-20-21-22-23-24-25-26-27-28-29-30(7-2,34(32)33)31(3,4)5/h11-12H,6-10,13-29H2,1-5H3/q+1/b12-11-. The van der Waals surface area contributed by atoms with Gasteiger partial charge in [-0.1, -0.05) is 127 Å². The van der Waals surface area contributed by atoms with E-state index < -0.39 is 13.3 Å². The summed E-state index contributed by atoms with van der Waals surface area (Å²) in [5.74, 6) is 0. The third-order valence-electron chi connectivity index (χ3n) is 7.74. The molecule has 2 unspecified atom stereocenters. The van der Waals surface area contributed by atoms with Crippen LogP contribution in [-0.4, -0.2) is 30.9 Å². The Balaban J connectivity index is 3.44. The number of nitrogens with zero attached hydrogens (tertiary/aromatic N) is 1. The molecule has 202 valence electrons. The van der Waals surface area contributed by atoms with Crippen LogP contribution in [0, 0.1) is 0 Å². The molecule has 0 aliphatic carbocycles.